The molecular formula is C19H20N2O3S. The van der Waals surface area contributed by atoms with Gasteiger partial charge in [0, 0.05) is 13.1 Å². The molecule has 2 fully saturated rings. The molecule has 2 amide bonds. The number of carbonyl (C=O) groups is 1. The third-order valence-corrected chi connectivity index (χ3v) is 6.68. The van der Waals surface area contributed by atoms with Gasteiger partial charge < -0.3 is 9.80 Å². The van der Waals surface area contributed by atoms with Crippen LogP contribution in [0.25, 0.3) is 0 Å². The summed E-state index contributed by atoms with van der Waals surface area (Å²) in [6.07, 6.45) is 0. The van der Waals surface area contributed by atoms with Gasteiger partial charge in [-0.15, -0.1) is 0 Å². The lowest BCUT2D eigenvalue weighted by Gasteiger charge is -2.22. The number of amides is 2. The Hall–Kier alpha value is -2.34. The van der Waals surface area contributed by atoms with Crippen LogP contribution in [-0.2, 0) is 22.9 Å². The summed E-state index contributed by atoms with van der Waals surface area (Å²) >= 11 is 0. The monoisotopic (exact) mass is 356 g/mol. The van der Waals surface area contributed by atoms with E-state index < -0.39 is 9.84 Å². The maximum Gasteiger partial charge on any atom is 0.321 e. The number of urea groups is 1. The first-order valence-electron chi connectivity index (χ1n) is 8.39. The summed E-state index contributed by atoms with van der Waals surface area (Å²) in [6.45, 7) is 0.892. The van der Waals surface area contributed by atoms with Gasteiger partial charge >= 0.3 is 6.03 Å². The second kappa shape index (κ2) is 6.19. The Morgan fingerprint density at radius 3 is 1.56 bits per heavy atom. The van der Waals surface area contributed by atoms with Crippen LogP contribution in [0, 0.1) is 0 Å². The lowest BCUT2D eigenvalue weighted by molar-refractivity contribution is 0.182. The number of hydrogen-bond donors (Lipinski definition) is 0. The number of sulfone groups is 1. The summed E-state index contributed by atoms with van der Waals surface area (Å²) in [5, 5.41) is 0. The predicted octanol–water partition coefficient (Wildman–Crippen LogP) is 2.29. The van der Waals surface area contributed by atoms with Gasteiger partial charge in [0.1, 0.15) is 0 Å². The zero-order chi connectivity index (χ0) is 17.4. The van der Waals surface area contributed by atoms with E-state index in [0.29, 0.717) is 13.1 Å². The van der Waals surface area contributed by atoms with Gasteiger partial charge in [-0.3, -0.25) is 0 Å². The summed E-state index contributed by atoms with van der Waals surface area (Å²) < 4.78 is 24.4. The lowest BCUT2D eigenvalue weighted by atomic mass is 10.1. The average Bonchev–Trinajstić information content (AvgIpc) is 3.03. The third-order valence-electron chi connectivity index (χ3n) is 4.98. The van der Waals surface area contributed by atoms with Crippen molar-refractivity contribution >= 4 is 15.9 Å². The Bertz CT molecular complexity index is 803. The molecule has 4 rings (SSSR count). The molecule has 6 heteroatoms. The molecule has 25 heavy (non-hydrogen) atoms. The standard InChI is InChI=1S/C19H20N2O3S/c22-19-20(11-15-7-3-1-4-8-15)17-13-25(23,24)14-18(17)21(19)12-16-9-5-2-6-10-16/h1-10,17-18H,11-14H2/t17-,18-/m0/s1. The van der Waals surface area contributed by atoms with Crippen molar-refractivity contribution in [2.75, 3.05) is 11.5 Å². The molecular weight excluding hydrogens is 336 g/mol. The molecule has 2 aliphatic heterocycles. The zero-order valence-corrected chi connectivity index (χ0v) is 14.6. The maximum atomic E-state index is 13.0. The van der Waals surface area contributed by atoms with Gasteiger partial charge in [-0.1, -0.05) is 60.7 Å². The second-order valence-corrected chi connectivity index (χ2v) is 8.87. The summed E-state index contributed by atoms with van der Waals surface area (Å²) in [5.74, 6) is 0.114. The van der Waals surface area contributed by atoms with Crippen molar-refractivity contribution in [3.63, 3.8) is 0 Å². The van der Waals surface area contributed by atoms with Crippen LogP contribution in [0.1, 0.15) is 11.1 Å². The minimum Gasteiger partial charge on any atom is -0.314 e. The van der Waals surface area contributed by atoms with Gasteiger partial charge in [-0.05, 0) is 11.1 Å². The van der Waals surface area contributed by atoms with E-state index in [-0.39, 0.29) is 29.6 Å². The fraction of sp³-hybridized carbons (Fsp3) is 0.316. The minimum absolute atomic E-state index is 0.0571. The van der Waals surface area contributed by atoms with Crippen molar-refractivity contribution in [1.82, 2.24) is 9.80 Å². The van der Waals surface area contributed by atoms with Crippen LogP contribution < -0.4 is 0 Å². The maximum absolute atomic E-state index is 13.0. The Balaban J connectivity index is 1.63. The molecule has 0 spiro atoms. The molecule has 0 bridgehead atoms. The first kappa shape index (κ1) is 16.1. The molecule has 0 aromatic heterocycles. The Morgan fingerprint density at radius 2 is 1.16 bits per heavy atom. The molecule has 0 unspecified atom stereocenters. The Labute approximate surface area is 147 Å². The highest BCUT2D eigenvalue weighted by Crippen LogP contribution is 2.33. The molecule has 2 aliphatic rings. The SMILES string of the molecule is O=C1N(Cc2ccccc2)[C@H]2CS(=O)(=O)C[C@@H]2N1Cc1ccccc1. The van der Waals surface area contributed by atoms with E-state index in [1.54, 1.807) is 9.80 Å². The van der Waals surface area contributed by atoms with Gasteiger partial charge in [0.25, 0.3) is 0 Å². The van der Waals surface area contributed by atoms with E-state index in [4.69, 9.17) is 0 Å². The van der Waals surface area contributed by atoms with Crippen LogP contribution in [0.5, 0.6) is 0 Å². The number of hydrogen-bond acceptors (Lipinski definition) is 3. The summed E-state index contributed by atoms with van der Waals surface area (Å²) in [7, 11) is -3.11. The molecule has 130 valence electrons. The van der Waals surface area contributed by atoms with Crippen molar-refractivity contribution in [3.8, 4) is 0 Å². The van der Waals surface area contributed by atoms with E-state index in [0.717, 1.165) is 11.1 Å². The predicted molar refractivity (Wildman–Crippen MR) is 95.6 cm³/mol. The fourth-order valence-electron chi connectivity index (χ4n) is 3.78. The summed E-state index contributed by atoms with van der Waals surface area (Å²) in [4.78, 5) is 16.5. The molecule has 0 aliphatic carbocycles. The lowest BCUT2D eigenvalue weighted by Crippen LogP contribution is -2.37. The van der Waals surface area contributed by atoms with Crippen molar-refractivity contribution < 1.29 is 13.2 Å². The molecule has 2 heterocycles. The van der Waals surface area contributed by atoms with Crippen molar-refractivity contribution in [1.29, 1.82) is 0 Å². The summed E-state index contributed by atoms with van der Waals surface area (Å²) in [6, 6.07) is 18.8. The van der Waals surface area contributed by atoms with E-state index >= 15 is 0 Å². The van der Waals surface area contributed by atoms with Gasteiger partial charge in [0.2, 0.25) is 0 Å². The number of carbonyl (C=O) groups excluding carboxylic acids is 1. The number of benzene rings is 2. The largest absolute Gasteiger partial charge is 0.321 e. The van der Waals surface area contributed by atoms with E-state index in [1.165, 1.54) is 0 Å². The van der Waals surface area contributed by atoms with Gasteiger partial charge in [0.15, 0.2) is 9.84 Å². The fourth-order valence-corrected chi connectivity index (χ4v) is 5.77. The van der Waals surface area contributed by atoms with Crippen LogP contribution in [0.15, 0.2) is 60.7 Å². The van der Waals surface area contributed by atoms with E-state index in [9.17, 15) is 13.2 Å². The normalized spacial score (nSPS) is 24.6. The molecule has 0 radical (unpaired) electrons. The third kappa shape index (κ3) is 3.14. The first-order chi connectivity index (χ1) is 12.0. The first-order valence-corrected chi connectivity index (χ1v) is 10.2. The van der Waals surface area contributed by atoms with E-state index in [1.807, 2.05) is 60.7 Å². The molecule has 2 aromatic carbocycles. The number of rotatable bonds is 4. The molecule has 2 aromatic rings. The van der Waals surface area contributed by atoms with Crippen LogP contribution in [0.3, 0.4) is 0 Å². The highest BCUT2D eigenvalue weighted by molar-refractivity contribution is 7.91. The number of nitrogens with zero attached hydrogens (tertiary/aromatic N) is 2. The molecule has 0 saturated carbocycles. The molecule has 5 nitrogen and oxygen atoms in total. The van der Waals surface area contributed by atoms with Crippen molar-refractivity contribution in [3.05, 3.63) is 71.8 Å². The van der Waals surface area contributed by atoms with Gasteiger partial charge in [-0.25, -0.2) is 13.2 Å². The highest BCUT2D eigenvalue weighted by atomic mass is 32.2. The highest BCUT2D eigenvalue weighted by Gasteiger charge is 2.53. The van der Waals surface area contributed by atoms with Gasteiger partial charge in [-0.2, -0.15) is 0 Å². The average molecular weight is 356 g/mol. The van der Waals surface area contributed by atoms with Gasteiger partial charge in [0.05, 0.1) is 23.6 Å². The van der Waals surface area contributed by atoms with Crippen molar-refractivity contribution in [2.45, 2.75) is 25.2 Å². The smallest absolute Gasteiger partial charge is 0.314 e. The molecule has 0 N–H and O–H groups in total. The van der Waals surface area contributed by atoms with Crippen LogP contribution >= 0.6 is 0 Å². The topological polar surface area (TPSA) is 57.7 Å². The molecule has 2 atom stereocenters. The summed E-state index contributed by atoms with van der Waals surface area (Å²) in [5.41, 5.74) is 2.03. The quantitative estimate of drug-likeness (QED) is 0.790. The van der Waals surface area contributed by atoms with E-state index in [2.05, 4.69) is 0 Å². The zero-order valence-electron chi connectivity index (χ0n) is 13.8. The van der Waals surface area contributed by atoms with Crippen LogP contribution in [0.4, 0.5) is 4.79 Å². The number of fused-ring (bicyclic) bond motifs is 1. The second-order valence-electron chi connectivity index (χ2n) is 6.72. The Morgan fingerprint density at radius 1 is 0.760 bits per heavy atom. The van der Waals surface area contributed by atoms with Crippen LogP contribution in [-0.4, -0.2) is 47.8 Å². The van der Waals surface area contributed by atoms with Crippen LogP contribution in [0.2, 0.25) is 0 Å². The Kier molecular flexibility index (Phi) is 4.00. The van der Waals surface area contributed by atoms with Crippen molar-refractivity contribution in [2.24, 2.45) is 0 Å². The molecule has 2 saturated heterocycles. The minimum atomic E-state index is -3.11.